The summed E-state index contributed by atoms with van der Waals surface area (Å²) < 4.78 is 12.9. The second kappa shape index (κ2) is 10.2. The van der Waals surface area contributed by atoms with Gasteiger partial charge in [-0.2, -0.15) is 0 Å². The highest BCUT2D eigenvalue weighted by Gasteiger charge is 2.33. The number of nitrogens with zero attached hydrogens (tertiary/aromatic N) is 2. The van der Waals surface area contributed by atoms with Crippen LogP contribution in [-0.4, -0.2) is 23.8 Å². The predicted octanol–water partition coefficient (Wildman–Crippen LogP) is 4.02. The predicted molar refractivity (Wildman–Crippen MR) is 134 cm³/mol. The Morgan fingerprint density at radius 1 is 1.24 bits per heavy atom. The van der Waals surface area contributed by atoms with Gasteiger partial charge in [-0.05, 0) is 49.2 Å². The van der Waals surface area contributed by atoms with Gasteiger partial charge in [0, 0.05) is 5.02 Å². The minimum Gasteiger partial charge on any atom is -0.490 e. The molecule has 1 aliphatic rings. The summed E-state index contributed by atoms with van der Waals surface area (Å²) in [7, 11) is 0. The summed E-state index contributed by atoms with van der Waals surface area (Å²) in [6.45, 7) is 7.75. The van der Waals surface area contributed by atoms with Gasteiger partial charge in [-0.15, -0.1) is 0 Å². The summed E-state index contributed by atoms with van der Waals surface area (Å²) in [6.07, 6.45) is 3.41. The van der Waals surface area contributed by atoms with Crippen LogP contribution >= 0.6 is 22.9 Å². The lowest BCUT2D eigenvalue weighted by atomic mass is 9.96. The lowest BCUT2D eigenvalue weighted by molar-refractivity contribution is -0.139. The van der Waals surface area contributed by atoms with Crippen LogP contribution < -0.4 is 19.6 Å². The van der Waals surface area contributed by atoms with Crippen LogP contribution in [0.3, 0.4) is 0 Å². The average molecular weight is 495 g/mol. The number of esters is 1. The SMILES string of the molecule is C=CCOc1ccc([C@H]2C(C(=O)OCC)=C(C)N=c3s/c(=C/c4ccccc4Cl)c(=O)n32)cc1. The molecule has 1 aliphatic heterocycles. The third-order valence-electron chi connectivity index (χ3n) is 5.27. The topological polar surface area (TPSA) is 69.9 Å². The molecule has 0 fully saturated rings. The van der Waals surface area contributed by atoms with Crippen LogP contribution in [0.4, 0.5) is 0 Å². The normalized spacial score (nSPS) is 15.5. The van der Waals surface area contributed by atoms with Crippen molar-refractivity contribution in [3.63, 3.8) is 0 Å². The van der Waals surface area contributed by atoms with Gasteiger partial charge in [-0.25, -0.2) is 9.79 Å². The van der Waals surface area contributed by atoms with E-state index in [0.29, 0.717) is 38.0 Å². The van der Waals surface area contributed by atoms with Crippen LogP contribution in [0.5, 0.6) is 5.75 Å². The fraction of sp³-hybridized carbons (Fsp3) is 0.192. The number of carbonyl (C=O) groups excluding carboxylic acids is 1. The highest BCUT2D eigenvalue weighted by Crippen LogP contribution is 2.31. The molecule has 34 heavy (non-hydrogen) atoms. The Bertz CT molecular complexity index is 1450. The smallest absolute Gasteiger partial charge is 0.338 e. The molecule has 1 atom stereocenters. The lowest BCUT2D eigenvalue weighted by Crippen LogP contribution is -2.39. The van der Waals surface area contributed by atoms with E-state index in [0.717, 1.165) is 11.1 Å². The van der Waals surface area contributed by atoms with Gasteiger partial charge in [-0.3, -0.25) is 9.36 Å². The van der Waals surface area contributed by atoms with Gasteiger partial charge < -0.3 is 9.47 Å². The molecule has 0 unspecified atom stereocenters. The number of hydrogen-bond donors (Lipinski definition) is 0. The first-order chi connectivity index (χ1) is 16.4. The van der Waals surface area contributed by atoms with Crippen LogP contribution in [0.1, 0.15) is 31.0 Å². The molecule has 0 N–H and O–H groups in total. The third-order valence-corrected chi connectivity index (χ3v) is 6.60. The second-order valence-corrected chi connectivity index (χ2v) is 8.91. The van der Waals surface area contributed by atoms with E-state index in [9.17, 15) is 9.59 Å². The summed E-state index contributed by atoms with van der Waals surface area (Å²) in [5.74, 6) is 0.161. The molecule has 0 radical (unpaired) electrons. The van der Waals surface area contributed by atoms with Crippen molar-refractivity contribution in [2.45, 2.75) is 19.9 Å². The molecule has 0 saturated carbocycles. The highest BCUT2D eigenvalue weighted by molar-refractivity contribution is 7.07. The maximum absolute atomic E-state index is 13.6. The molecular formula is C26H23ClN2O4S. The van der Waals surface area contributed by atoms with Gasteiger partial charge in [0.15, 0.2) is 4.80 Å². The van der Waals surface area contributed by atoms with Crippen molar-refractivity contribution in [2.24, 2.45) is 4.99 Å². The van der Waals surface area contributed by atoms with E-state index >= 15 is 0 Å². The molecule has 174 valence electrons. The molecule has 0 spiro atoms. The zero-order valence-electron chi connectivity index (χ0n) is 18.8. The Morgan fingerprint density at radius 3 is 2.65 bits per heavy atom. The van der Waals surface area contributed by atoms with Crippen molar-refractivity contribution < 1.29 is 14.3 Å². The van der Waals surface area contributed by atoms with Crippen molar-refractivity contribution >= 4 is 35.0 Å². The Balaban J connectivity index is 1.90. The van der Waals surface area contributed by atoms with E-state index in [4.69, 9.17) is 21.1 Å². The number of aromatic nitrogens is 1. The first kappa shape index (κ1) is 23.7. The van der Waals surface area contributed by atoms with Gasteiger partial charge in [0.2, 0.25) is 0 Å². The molecule has 8 heteroatoms. The van der Waals surface area contributed by atoms with E-state index in [1.54, 1.807) is 48.8 Å². The number of hydrogen-bond acceptors (Lipinski definition) is 6. The van der Waals surface area contributed by atoms with E-state index < -0.39 is 12.0 Å². The molecule has 2 aromatic carbocycles. The van der Waals surface area contributed by atoms with Gasteiger partial charge in [0.1, 0.15) is 12.4 Å². The average Bonchev–Trinajstić information content (AvgIpc) is 3.13. The molecule has 0 bridgehead atoms. The Morgan fingerprint density at radius 2 is 1.97 bits per heavy atom. The fourth-order valence-electron chi connectivity index (χ4n) is 3.74. The zero-order chi connectivity index (χ0) is 24.2. The quantitative estimate of drug-likeness (QED) is 0.367. The summed E-state index contributed by atoms with van der Waals surface area (Å²) in [4.78, 5) is 31.6. The van der Waals surface area contributed by atoms with Crippen LogP contribution in [0.2, 0.25) is 5.02 Å². The summed E-state index contributed by atoms with van der Waals surface area (Å²) in [5.41, 5.74) is 2.07. The maximum Gasteiger partial charge on any atom is 0.338 e. The molecule has 6 nitrogen and oxygen atoms in total. The van der Waals surface area contributed by atoms with Crippen LogP contribution in [-0.2, 0) is 9.53 Å². The Labute approximate surface area is 205 Å². The number of fused-ring (bicyclic) bond motifs is 1. The molecule has 3 aromatic rings. The van der Waals surface area contributed by atoms with Gasteiger partial charge >= 0.3 is 5.97 Å². The molecule has 1 aromatic heterocycles. The second-order valence-electron chi connectivity index (χ2n) is 7.49. The molecule has 0 aliphatic carbocycles. The summed E-state index contributed by atoms with van der Waals surface area (Å²) in [5, 5.41) is 0.545. The monoisotopic (exact) mass is 494 g/mol. The number of carbonyl (C=O) groups is 1. The van der Waals surface area contributed by atoms with E-state index in [1.807, 2.05) is 30.3 Å². The number of rotatable bonds is 7. The summed E-state index contributed by atoms with van der Waals surface area (Å²) in [6, 6.07) is 13.9. The molecule has 0 saturated heterocycles. The van der Waals surface area contributed by atoms with Gasteiger partial charge in [-0.1, -0.05) is 65.9 Å². The molecule has 2 heterocycles. The van der Waals surface area contributed by atoms with Crippen molar-refractivity contribution in [1.82, 2.24) is 4.57 Å². The first-order valence-electron chi connectivity index (χ1n) is 10.7. The minimum atomic E-state index is -0.683. The Hall–Kier alpha value is -3.42. The van der Waals surface area contributed by atoms with E-state index in [-0.39, 0.29) is 12.2 Å². The fourth-order valence-corrected chi connectivity index (χ4v) is 4.97. The number of thiazole rings is 1. The molecule has 0 amide bonds. The van der Waals surface area contributed by atoms with Gasteiger partial charge in [0.25, 0.3) is 5.56 Å². The zero-order valence-corrected chi connectivity index (χ0v) is 20.4. The van der Waals surface area contributed by atoms with Crippen LogP contribution in [0.25, 0.3) is 6.08 Å². The van der Waals surface area contributed by atoms with E-state index in [2.05, 4.69) is 11.6 Å². The Kier molecular flexibility index (Phi) is 7.14. The molecule has 4 rings (SSSR count). The standard InChI is InChI=1S/C26H23ClN2O4S/c1-4-14-33-19-12-10-17(11-13-19)23-22(25(31)32-5-2)16(3)28-26-29(23)24(30)21(34-26)15-18-8-6-7-9-20(18)27/h4,6-13,15,23H,1,5,14H2,2-3H3/b21-15+/t23-/m0/s1. The van der Waals surface area contributed by atoms with Crippen LogP contribution in [0.15, 0.2) is 82.2 Å². The number of ether oxygens (including phenoxy) is 2. The number of benzene rings is 2. The minimum absolute atomic E-state index is 0.216. The first-order valence-corrected chi connectivity index (χ1v) is 11.9. The summed E-state index contributed by atoms with van der Waals surface area (Å²) >= 11 is 7.56. The van der Waals surface area contributed by atoms with Crippen molar-refractivity contribution in [2.75, 3.05) is 13.2 Å². The van der Waals surface area contributed by atoms with Crippen molar-refractivity contribution in [1.29, 1.82) is 0 Å². The van der Waals surface area contributed by atoms with Gasteiger partial charge in [0.05, 0.1) is 28.5 Å². The number of halogens is 1. The van der Waals surface area contributed by atoms with Crippen LogP contribution in [0, 0.1) is 0 Å². The maximum atomic E-state index is 13.6. The number of allylic oxidation sites excluding steroid dienone is 1. The highest BCUT2D eigenvalue weighted by atomic mass is 35.5. The van der Waals surface area contributed by atoms with Crippen molar-refractivity contribution in [3.8, 4) is 5.75 Å². The van der Waals surface area contributed by atoms with Crippen molar-refractivity contribution in [3.05, 3.63) is 108 Å². The molecular weight excluding hydrogens is 472 g/mol. The lowest BCUT2D eigenvalue weighted by Gasteiger charge is -2.24. The van der Waals surface area contributed by atoms with E-state index in [1.165, 1.54) is 11.3 Å². The largest absolute Gasteiger partial charge is 0.490 e. The third kappa shape index (κ3) is 4.62.